The van der Waals surface area contributed by atoms with Gasteiger partial charge in [0.2, 0.25) is 0 Å². The summed E-state index contributed by atoms with van der Waals surface area (Å²) in [5, 5.41) is 3.36. The zero-order valence-corrected chi connectivity index (χ0v) is 16.7. The van der Waals surface area contributed by atoms with Crippen LogP contribution in [0.15, 0.2) is 52.5 Å². The molecule has 2 rings (SSSR count). The Balaban J connectivity index is 0.00000242. The Morgan fingerprint density at radius 3 is 2.68 bits per heavy atom. The molecule has 1 heterocycles. The SMILES string of the molecule is CN=C(NCCn1ccnc1)N(C)Cc1ccc(Br)cc1.I. The number of benzene rings is 1. The van der Waals surface area contributed by atoms with Crippen LogP contribution in [0.5, 0.6) is 0 Å². The minimum Gasteiger partial charge on any atom is -0.354 e. The molecule has 0 unspecified atom stereocenters. The summed E-state index contributed by atoms with van der Waals surface area (Å²) in [6.45, 7) is 2.50. The number of nitrogens with one attached hydrogen (secondary N) is 1. The molecule has 22 heavy (non-hydrogen) atoms. The van der Waals surface area contributed by atoms with Crippen molar-refractivity contribution in [2.75, 3.05) is 20.6 Å². The first-order valence-corrected chi connectivity index (χ1v) is 7.60. The van der Waals surface area contributed by atoms with Gasteiger partial charge in [0.15, 0.2) is 5.96 Å². The zero-order valence-electron chi connectivity index (χ0n) is 12.7. The summed E-state index contributed by atoms with van der Waals surface area (Å²) in [5.41, 5.74) is 1.25. The molecule has 0 spiro atoms. The largest absolute Gasteiger partial charge is 0.354 e. The van der Waals surface area contributed by atoms with Crippen LogP contribution in [-0.2, 0) is 13.1 Å². The molecule has 1 aromatic heterocycles. The third-order valence-electron chi connectivity index (χ3n) is 3.12. The average molecular weight is 478 g/mol. The van der Waals surface area contributed by atoms with Gasteiger partial charge in [-0.1, -0.05) is 28.1 Å². The van der Waals surface area contributed by atoms with E-state index in [0.29, 0.717) is 0 Å². The van der Waals surface area contributed by atoms with Crippen molar-refractivity contribution in [1.29, 1.82) is 0 Å². The van der Waals surface area contributed by atoms with Gasteiger partial charge in [0.1, 0.15) is 0 Å². The fourth-order valence-electron chi connectivity index (χ4n) is 2.04. The van der Waals surface area contributed by atoms with E-state index in [1.54, 1.807) is 13.2 Å². The normalized spacial score (nSPS) is 11.0. The predicted octanol–water partition coefficient (Wildman–Crippen LogP) is 2.97. The zero-order chi connectivity index (χ0) is 15.1. The highest BCUT2D eigenvalue weighted by Gasteiger charge is 2.06. The van der Waals surface area contributed by atoms with E-state index in [0.717, 1.165) is 30.1 Å². The molecule has 0 atom stereocenters. The quantitative estimate of drug-likeness (QED) is 0.409. The van der Waals surface area contributed by atoms with Gasteiger partial charge >= 0.3 is 0 Å². The first kappa shape index (κ1) is 19.0. The molecule has 0 aliphatic carbocycles. The van der Waals surface area contributed by atoms with Crippen LogP contribution in [0.3, 0.4) is 0 Å². The van der Waals surface area contributed by atoms with Crippen LogP contribution in [0.2, 0.25) is 0 Å². The number of imidazole rings is 1. The summed E-state index contributed by atoms with van der Waals surface area (Å²) in [4.78, 5) is 10.5. The Morgan fingerprint density at radius 1 is 1.36 bits per heavy atom. The van der Waals surface area contributed by atoms with Gasteiger partial charge in [-0.15, -0.1) is 24.0 Å². The van der Waals surface area contributed by atoms with E-state index >= 15 is 0 Å². The van der Waals surface area contributed by atoms with Crippen LogP contribution in [0.1, 0.15) is 5.56 Å². The van der Waals surface area contributed by atoms with Crippen LogP contribution in [0.4, 0.5) is 0 Å². The second-order valence-corrected chi connectivity index (χ2v) is 5.67. The molecule has 0 aliphatic rings. The van der Waals surface area contributed by atoms with Crippen molar-refractivity contribution in [1.82, 2.24) is 19.8 Å². The fraction of sp³-hybridized carbons (Fsp3) is 0.333. The molecule has 0 saturated heterocycles. The van der Waals surface area contributed by atoms with Crippen molar-refractivity contribution in [3.8, 4) is 0 Å². The molecule has 7 heteroatoms. The maximum atomic E-state index is 4.32. The fourth-order valence-corrected chi connectivity index (χ4v) is 2.30. The van der Waals surface area contributed by atoms with E-state index in [1.807, 2.05) is 24.1 Å². The second kappa shape index (κ2) is 9.83. The lowest BCUT2D eigenvalue weighted by Gasteiger charge is -2.22. The number of halogens is 2. The summed E-state index contributed by atoms with van der Waals surface area (Å²) in [6, 6.07) is 8.33. The molecule has 5 nitrogen and oxygen atoms in total. The Morgan fingerprint density at radius 2 is 2.09 bits per heavy atom. The van der Waals surface area contributed by atoms with Crippen LogP contribution < -0.4 is 5.32 Å². The molecule has 0 saturated carbocycles. The number of nitrogens with zero attached hydrogens (tertiary/aromatic N) is 4. The lowest BCUT2D eigenvalue weighted by Crippen LogP contribution is -2.39. The van der Waals surface area contributed by atoms with E-state index in [4.69, 9.17) is 0 Å². The number of rotatable bonds is 5. The summed E-state index contributed by atoms with van der Waals surface area (Å²) < 4.78 is 3.13. The molecule has 1 N–H and O–H groups in total. The highest BCUT2D eigenvalue weighted by molar-refractivity contribution is 14.0. The van der Waals surface area contributed by atoms with E-state index in [1.165, 1.54) is 5.56 Å². The topological polar surface area (TPSA) is 45.5 Å². The highest BCUT2D eigenvalue weighted by Crippen LogP contribution is 2.11. The summed E-state index contributed by atoms with van der Waals surface area (Å²) in [6.07, 6.45) is 5.56. The molecule has 0 radical (unpaired) electrons. The van der Waals surface area contributed by atoms with Gasteiger partial charge in [-0.3, -0.25) is 4.99 Å². The van der Waals surface area contributed by atoms with Crippen molar-refractivity contribution < 1.29 is 0 Å². The summed E-state index contributed by atoms with van der Waals surface area (Å²) in [7, 11) is 3.84. The molecule has 120 valence electrons. The summed E-state index contributed by atoms with van der Waals surface area (Å²) >= 11 is 3.45. The number of aliphatic imine (C=N–C) groups is 1. The van der Waals surface area contributed by atoms with E-state index in [2.05, 4.69) is 60.4 Å². The number of guanidine groups is 1. The Kier molecular flexibility index (Phi) is 8.47. The Labute approximate surface area is 157 Å². The van der Waals surface area contributed by atoms with Gasteiger partial charge in [0.05, 0.1) is 6.33 Å². The third-order valence-corrected chi connectivity index (χ3v) is 3.65. The van der Waals surface area contributed by atoms with Crippen molar-refractivity contribution in [2.24, 2.45) is 4.99 Å². The Hall–Kier alpha value is -1.09. The van der Waals surface area contributed by atoms with Gasteiger partial charge < -0.3 is 14.8 Å². The minimum atomic E-state index is 0. The first-order chi connectivity index (χ1) is 10.2. The van der Waals surface area contributed by atoms with Crippen molar-refractivity contribution >= 4 is 45.9 Å². The van der Waals surface area contributed by atoms with Crippen molar-refractivity contribution in [3.63, 3.8) is 0 Å². The van der Waals surface area contributed by atoms with E-state index in [9.17, 15) is 0 Å². The molecular weight excluding hydrogens is 457 g/mol. The lowest BCUT2D eigenvalue weighted by atomic mass is 10.2. The standard InChI is InChI=1S/C15H20BrN5.HI/c1-17-15(19-8-10-21-9-7-18-12-21)20(2)11-13-3-5-14(16)6-4-13;/h3-7,9,12H,8,10-11H2,1-2H3,(H,17,19);1H. The maximum Gasteiger partial charge on any atom is 0.193 e. The van der Waals surface area contributed by atoms with E-state index < -0.39 is 0 Å². The molecule has 1 aromatic carbocycles. The molecule has 0 aliphatic heterocycles. The van der Waals surface area contributed by atoms with E-state index in [-0.39, 0.29) is 24.0 Å². The number of hydrogen-bond donors (Lipinski definition) is 1. The summed E-state index contributed by atoms with van der Waals surface area (Å²) in [5.74, 6) is 0.887. The second-order valence-electron chi connectivity index (χ2n) is 4.76. The van der Waals surface area contributed by atoms with Gasteiger partial charge in [-0.25, -0.2) is 4.98 Å². The number of aromatic nitrogens is 2. The first-order valence-electron chi connectivity index (χ1n) is 6.81. The van der Waals surface area contributed by atoms with Gasteiger partial charge in [-0.2, -0.15) is 0 Å². The van der Waals surface area contributed by atoms with Gasteiger partial charge in [0, 0.05) is 50.6 Å². The van der Waals surface area contributed by atoms with Crippen molar-refractivity contribution in [3.05, 3.63) is 53.0 Å². The molecule has 2 aromatic rings. The average Bonchev–Trinajstić information content (AvgIpc) is 2.99. The Bertz CT molecular complexity index is 568. The lowest BCUT2D eigenvalue weighted by molar-refractivity contribution is 0.473. The van der Waals surface area contributed by atoms with Crippen LogP contribution >= 0.6 is 39.9 Å². The third kappa shape index (κ3) is 5.96. The predicted molar refractivity (Wildman–Crippen MR) is 105 cm³/mol. The monoisotopic (exact) mass is 477 g/mol. The highest BCUT2D eigenvalue weighted by atomic mass is 127. The smallest absolute Gasteiger partial charge is 0.193 e. The maximum absolute atomic E-state index is 4.32. The van der Waals surface area contributed by atoms with Crippen LogP contribution in [0, 0.1) is 0 Å². The molecule has 0 fully saturated rings. The molecular formula is C15H21BrIN5. The van der Waals surface area contributed by atoms with Crippen molar-refractivity contribution in [2.45, 2.75) is 13.1 Å². The van der Waals surface area contributed by atoms with Crippen LogP contribution in [-0.4, -0.2) is 41.1 Å². The molecule has 0 bridgehead atoms. The molecule has 0 amide bonds. The van der Waals surface area contributed by atoms with Gasteiger partial charge in [0.25, 0.3) is 0 Å². The number of hydrogen-bond acceptors (Lipinski definition) is 2. The van der Waals surface area contributed by atoms with Crippen LogP contribution in [0.25, 0.3) is 0 Å². The minimum absolute atomic E-state index is 0. The van der Waals surface area contributed by atoms with Gasteiger partial charge in [-0.05, 0) is 17.7 Å².